The maximum Gasteiger partial charge on any atom is 0.331 e. The van der Waals surface area contributed by atoms with E-state index in [9.17, 15) is 4.79 Å². The Bertz CT molecular complexity index is 214. The van der Waals surface area contributed by atoms with Crippen LogP contribution in [-0.4, -0.2) is 11.1 Å². The van der Waals surface area contributed by atoms with Gasteiger partial charge < -0.3 is 5.11 Å². The van der Waals surface area contributed by atoms with E-state index < -0.39 is 5.97 Å². The van der Waals surface area contributed by atoms with E-state index in [2.05, 4.69) is 6.58 Å². The molecule has 1 rings (SSSR count). The van der Waals surface area contributed by atoms with E-state index >= 15 is 0 Å². The van der Waals surface area contributed by atoms with Crippen LogP contribution in [0.1, 0.15) is 25.7 Å². The van der Waals surface area contributed by atoms with Crippen LogP contribution in [0, 0.1) is 0 Å². The van der Waals surface area contributed by atoms with E-state index in [-0.39, 0.29) is 0 Å². The minimum atomic E-state index is -0.751. The molecule has 0 amide bonds. The summed E-state index contributed by atoms with van der Waals surface area (Å²) in [6.45, 7) is 3.59. The van der Waals surface area contributed by atoms with Crippen molar-refractivity contribution in [2.24, 2.45) is 0 Å². The third kappa shape index (κ3) is 1.70. The smallest absolute Gasteiger partial charge is 0.331 e. The second-order valence-corrected chi connectivity index (χ2v) is 2.73. The molecule has 0 spiro atoms. The minimum absolute atomic E-state index is 0.616. The van der Waals surface area contributed by atoms with Crippen LogP contribution >= 0.6 is 0 Å². The molecule has 1 N–H and O–H groups in total. The number of allylic oxidation sites excluding steroid dienone is 2. The third-order valence-corrected chi connectivity index (χ3v) is 1.98. The summed E-state index contributed by atoms with van der Waals surface area (Å²) in [7, 11) is 0. The van der Waals surface area contributed by atoms with Crippen LogP contribution in [0.4, 0.5) is 0 Å². The standard InChI is InChI=1S/C9H12O2/c1-2-4-7-5-3-6-8(7)9(10)11/h2H,1,3-6H2,(H,10,11). The molecule has 0 saturated heterocycles. The Hall–Kier alpha value is -1.05. The van der Waals surface area contributed by atoms with Crippen LogP contribution in [-0.2, 0) is 4.79 Å². The van der Waals surface area contributed by atoms with Crippen molar-refractivity contribution in [1.29, 1.82) is 0 Å². The molecule has 0 bridgehead atoms. The molecule has 2 heteroatoms. The van der Waals surface area contributed by atoms with Gasteiger partial charge in [-0.3, -0.25) is 0 Å². The Morgan fingerprint density at radius 1 is 1.64 bits per heavy atom. The number of hydrogen-bond acceptors (Lipinski definition) is 1. The number of hydrogen-bond donors (Lipinski definition) is 1. The van der Waals surface area contributed by atoms with Crippen molar-refractivity contribution >= 4 is 5.97 Å². The van der Waals surface area contributed by atoms with Gasteiger partial charge in [-0.1, -0.05) is 11.6 Å². The summed E-state index contributed by atoms with van der Waals surface area (Å²) in [4.78, 5) is 10.6. The van der Waals surface area contributed by atoms with Crippen molar-refractivity contribution in [3.8, 4) is 0 Å². The minimum Gasteiger partial charge on any atom is -0.478 e. The summed E-state index contributed by atoms with van der Waals surface area (Å²) in [6.07, 6.45) is 5.17. The van der Waals surface area contributed by atoms with Gasteiger partial charge in [0.1, 0.15) is 0 Å². The van der Waals surface area contributed by atoms with Crippen molar-refractivity contribution in [1.82, 2.24) is 0 Å². The molecule has 0 heterocycles. The van der Waals surface area contributed by atoms with Gasteiger partial charge in [0, 0.05) is 5.57 Å². The molecule has 0 aromatic heterocycles. The summed E-state index contributed by atoms with van der Waals surface area (Å²) in [5.41, 5.74) is 1.68. The van der Waals surface area contributed by atoms with E-state index in [4.69, 9.17) is 5.11 Å². The molecule has 0 aromatic carbocycles. The zero-order valence-corrected chi connectivity index (χ0v) is 6.47. The quantitative estimate of drug-likeness (QED) is 0.629. The molecule has 0 fully saturated rings. The molecule has 0 radical (unpaired) electrons. The summed E-state index contributed by atoms with van der Waals surface area (Å²) in [6, 6.07) is 0. The molecule has 11 heavy (non-hydrogen) atoms. The highest BCUT2D eigenvalue weighted by Gasteiger charge is 2.18. The molecular weight excluding hydrogens is 140 g/mol. The summed E-state index contributed by atoms with van der Waals surface area (Å²) < 4.78 is 0. The van der Waals surface area contributed by atoms with Gasteiger partial charge >= 0.3 is 5.97 Å². The Morgan fingerprint density at radius 3 is 2.91 bits per heavy atom. The highest BCUT2D eigenvalue weighted by atomic mass is 16.4. The zero-order valence-electron chi connectivity index (χ0n) is 6.47. The number of rotatable bonds is 3. The lowest BCUT2D eigenvalue weighted by Gasteiger charge is -1.97. The molecule has 0 saturated carbocycles. The fraction of sp³-hybridized carbons (Fsp3) is 0.444. The molecule has 2 nitrogen and oxygen atoms in total. The fourth-order valence-corrected chi connectivity index (χ4v) is 1.46. The van der Waals surface area contributed by atoms with Crippen LogP contribution in [0.15, 0.2) is 23.8 Å². The topological polar surface area (TPSA) is 37.3 Å². The van der Waals surface area contributed by atoms with Crippen molar-refractivity contribution in [3.05, 3.63) is 23.8 Å². The van der Waals surface area contributed by atoms with E-state index in [1.165, 1.54) is 0 Å². The van der Waals surface area contributed by atoms with Crippen molar-refractivity contribution in [2.75, 3.05) is 0 Å². The second kappa shape index (κ2) is 3.37. The lowest BCUT2D eigenvalue weighted by atomic mass is 10.1. The van der Waals surface area contributed by atoms with Gasteiger partial charge in [-0.25, -0.2) is 4.79 Å². The third-order valence-electron chi connectivity index (χ3n) is 1.98. The van der Waals surface area contributed by atoms with Crippen molar-refractivity contribution < 1.29 is 9.90 Å². The summed E-state index contributed by atoms with van der Waals surface area (Å²) in [5, 5.41) is 8.72. The summed E-state index contributed by atoms with van der Waals surface area (Å²) in [5.74, 6) is -0.751. The molecule has 0 unspecified atom stereocenters. The summed E-state index contributed by atoms with van der Waals surface area (Å²) >= 11 is 0. The Labute approximate surface area is 66.2 Å². The van der Waals surface area contributed by atoms with Crippen LogP contribution < -0.4 is 0 Å². The van der Waals surface area contributed by atoms with Gasteiger partial charge in [0.25, 0.3) is 0 Å². The van der Waals surface area contributed by atoms with Crippen LogP contribution in [0.25, 0.3) is 0 Å². The predicted octanol–water partition coefficient (Wildman–Crippen LogP) is 2.13. The van der Waals surface area contributed by atoms with Crippen LogP contribution in [0.3, 0.4) is 0 Å². The van der Waals surface area contributed by atoms with Gasteiger partial charge in [-0.05, 0) is 25.7 Å². The van der Waals surface area contributed by atoms with Crippen LogP contribution in [0.5, 0.6) is 0 Å². The number of carboxylic acids is 1. The first kappa shape index (κ1) is 8.05. The first-order chi connectivity index (χ1) is 5.25. The van der Waals surface area contributed by atoms with Crippen molar-refractivity contribution in [3.63, 3.8) is 0 Å². The second-order valence-electron chi connectivity index (χ2n) is 2.73. The molecule has 1 aliphatic rings. The highest BCUT2D eigenvalue weighted by molar-refractivity contribution is 5.88. The largest absolute Gasteiger partial charge is 0.478 e. The monoisotopic (exact) mass is 152 g/mol. The Balaban J connectivity index is 2.76. The number of carboxylic acid groups (broad SMARTS) is 1. The molecule has 0 aliphatic heterocycles. The fourth-order valence-electron chi connectivity index (χ4n) is 1.46. The molecule has 1 aliphatic carbocycles. The van der Waals surface area contributed by atoms with E-state index in [0.717, 1.165) is 31.3 Å². The van der Waals surface area contributed by atoms with Gasteiger partial charge in [-0.2, -0.15) is 0 Å². The first-order valence-electron chi connectivity index (χ1n) is 3.80. The average molecular weight is 152 g/mol. The molecule has 0 aromatic rings. The number of aliphatic carboxylic acids is 1. The van der Waals surface area contributed by atoms with Gasteiger partial charge in [0.05, 0.1) is 0 Å². The SMILES string of the molecule is C=CCC1=C(C(=O)O)CCC1. The zero-order chi connectivity index (χ0) is 8.27. The predicted molar refractivity (Wildman–Crippen MR) is 43.3 cm³/mol. The normalized spacial score (nSPS) is 17.1. The maximum absolute atomic E-state index is 10.6. The lowest BCUT2D eigenvalue weighted by Crippen LogP contribution is -1.99. The number of carbonyl (C=O) groups is 1. The maximum atomic E-state index is 10.6. The highest BCUT2D eigenvalue weighted by Crippen LogP contribution is 2.28. The first-order valence-corrected chi connectivity index (χ1v) is 3.80. The average Bonchev–Trinajstić information content (AvgIpc) is 2.36. The molecular formula is C9H12O2. The van der Waals surface area contributed by atoms with E-state index in [1.807, 2.05) is 0 Å². The van der Waals surface area contributed by atoms with Crippen LogP contribution in [0.2, 0.25) is 0 Å². The van der Waals surface area contributed by atoms with Crippen molar-refractivity contribution in [2.45, 2.75) is 25.7 Å². The van der Waals surface area contributed by atoms with Gasteiger partial charge in [-0.15, -0.1) is 6.58 Å². The Morgan fingerprint density at radius 2 is 2.36 bits per heavy atom. The van der Waals surface area contributed by atoms with E-state index in [1.54, 1.807) is 6.08 Å². The molecule has 60 valence electrons. The molecule has 0 atom stereocenters. The Kier molecular flexibility index (Phi) is 2.47. The van der Waals surface area contributed by atoms with Gasteiger partial charge in [0.2, 0.25) is 0 Å². The van der Waals surface area contributed by atoms with Gasteiger partial charge in [0.15, 0.2) is 0 Å². The van der Waals surface area contributed by atoms with E-state index in [0.29, 0.717) is 5.57 Å². The lowest BCUT2D eigenvalue weighted by molar-refractivity contribution is -0.132.